The van der Waals surface area contributed by atoms with E-state index < -0.39 is 5.91 Å². The fourth-order valence-corrected chi connectivity index (χ4v) is 3.09. The van der Waals surface area contributed by atoms with Crippen LogP contribution in [0, 0.1) is 0 Å². The fourth-order valence-electron chi connectivity index (χ4n) is 3.09. The molecule has 5 N–H and O–H groups in total. The van der Waals surface area contributed by atoms with Gasteiger partial charge < -0.3 is 26.4 Å². The molecular formula is C21H24N4O4. The molecule has 0 bridgehead atoms. The van der Waals surface area contributed by atoms with Crippen LogP contribution in [-0.2, 0) is 22.6 Å². The number of rotatable bonds is 7. The number of hydrogen-bond donors (Lipinski definition) is 4. The number of benzene rings is 2. The van der Waals surface area contributed by atoms with E-state index >= 15 is 0 Å². The average Bonchev–Trinajstić information content (AvgIpc) is 2.70. The average molecular weight is 396 g/mol. The lowest BCUT2D eigenvalue weighted by Crippen LogP contribution is -2.36. The predicted molar refractivity (Wildman–Crippen MR) is 108 cm³/mol. The van der Waals surface area contributed by atoms with Crippen LogP contribution >= 0.6 is 0 Å². The molecule has 1 aliphatic rings. The molecule has 1 atom stereocenters. The number of aryl methyl sites for hydroxylation is 1. The highest BCUT2D eigenvalue weighted by Crippen LogP contribution is 2.26. The van der Waals surface area contributed by atoms with Crippen molar-refractivity contribution in [3.05, 3.63) is 59.2 Å². The van der Waals surface area contributed by atoms with E-state index in [1.807, 2.05) is 31.2 Å². The molecule has 0 radical (unpaired) electrons. The molecule has 0 saturated carbocycles. The summed E-state index contributed by atoms with van der Waals surface area (Å²) in [5.41, 5.74) is 8.78. The Morgan fingerprint density at radius 2 is 2.03 bits per heavy atom. The number of primary amides is 1. The number of urea groups is 1. The maximum atomic E-state index is 12.3. The molecule has 0 spiro atoms. The summed E-state index contributed by atoms with van der Waals surface area (Å²) in [5.74, 6) is -0.00984. The van der Waals surface area contributed by atoms with Gasteiger partial charge in [0.15, 0.2) is 6.61 Å². The summed E-state index contributed by atoms with van der Waals surface area (Å²) in [6.07, 6.45) is 1.17. The van der Waals surface area contributed by atoms with Gasteiger partial charge in [0, 0.05) is 18.7 Å². The molecule has 1 aliphatic heterocycles. The third-order valence-electron chi connectivity index (χ3n) is 4.60. The number of ether oxygens (including phenoxy) is 1. The highest BCUT2D eigenvalue weighted by Gasteiger charge is 2.17. The minimum Gasteiger partial charge on any atom is -0.484 e. The van der Waals surface area contributed by atoms with Crippen molar-refractivity contribution < 1.29 is 19.1 Å². The van der Waals surface area contributed by atoms with Gasteiger partial charge in [0.25, 0.3) is 5.91 Å². The van der Waals surface area contributed by atoms with Gasteiger partial charge in [-0.1, -0.05) is 24.3 Å². The van der Waals surface area contributed by atoms with Crippen molar-refractivity contribution in [2.75, 3.05) is 11.9 Å². The van der Waals surface area contributed by atoms with E-state index in [0.717, 1.165) is 22.4 Å². The first-order valence-electron chi connectivity index (χ1n) is 9.38. The van der Waals surface area contributed by atoms with Crippen LogP contribution in [0.3, 0.4) is 0 Å². The number of carbonyl (C=O) groups excluding carboxylic acids is 3. The predicted octanol–water partition coefficient (Wildman–Crippen LogP) is 2.00. The highest BCUT2D eigenvalue weighted by atomic mass is 16.5. The van der Waals surface area contributed by atoms with Crippen molar-refractivity contribution in [3.8, 4) is 5.75 Å². The molecule has 0 saturated heterocycles. The molecule has 152 valence electrons. The largest absolute Gasteiger partial charge is 0.484 e. The van der Waals surface area contributed by atoms with Crippen LogP contribution in [0.1, 0.15) is 36.1 Å². The summed E-state index contributed by atoms with van der Waals surface area (Å²) in [7, 11) is 0. The summed E-state index contributed by atoms with van der Waals surface area (Å²) < 4.78 is 5.26. The Hall–Kier alpha value is -3.55. The molecule has 1 unspecified atom stereocenters. The SMILES string of the molecule is CC(NC(=O)NCc1cccc(OCC(N)=O)c1)c1ccc2c(c1)CCC(=O)N2. The van der Waals surface area contributed by atoms with E-state index in [1.165, 1.54) is 0 Å². The Morgan fingerprint density at radius 3 is 2.83 bits per heavy atom. The van der Waals surface area contributed by atoms with E-state index in [-0.39, 0.29) is 24.6 Å². The highest BCUT2D eigenvalue weighted by molar-refractivity contribution is 5.93. The number of carbonyl (C=O) groups is 3. The lowest BCUT2D eigenvalue weighted by molar-refractivity contribution is -0.120. The molecular weight excluding hydrogens is 372 g/mol. The van der Waals surface area contributed by atoms with Crippen LogP contribution in [0.2, 0.25) is 0 Å². The maximum Gasteiger partial charge on any atom is 0.315 e. The quantitative estimate of drug-likeness (QED) is 0.572. The molecule has 0 aliphatic carbocycles. The van der Waals surface area contributed by atoms with Crippen molar-refractivity contribution in [1.29, 1.82) is 0 Å². The van der Waals surface area contributed by atoms with Crippen molar-refractivity contribution in [3.63, 3.8) is 0 Å². The van der Waals surface area contributed by atoms with Crippen LogP contribution in [0.5, 0.6) is 5.75 Å². The van der Waals surface area contributed by atoms with E-state index in [2.05, 4.69) is 16.0 Å². The van der Waals surface area contributed by atoms with Crippen molar-refractivity contribution in [2.24, 2.45) is 5.73 Å². The van der Waals surface area contributed by atoms with Crippen molar-refractivity contribution >= 4 is 23.5 Å². The minimum atomic E-state index is -0.550. The normalized spacial score (nSPS) is 13.6. The number of anilines is 1. The van der Waals surface area contributed by atoms with E-state index in [9.17, 15) is 14.4 Å². The zero-order valence-electron chi connectivity index (χ0n) is 16.2. The summed E-state index contributed by atoms with van der Waals surface area (Å²) in [5, 5.41) is 8.56. The van der Waals surface area contributed by atoms with Gasteiger partial charge in [-0.3, -0.25) is 9.59 Å². The van der Waals surface area contributed by atoms with Crippen molar-refractivity contribution in [1.82, 2.24) is 10.6 Å². The minimum absolute atomic E-state index is 0.0277. The Kier molecular flexibility index (Phi) is 6.33. The van der Waals surface area contributed by atoms with Gasteiger partial charge in [0.2, 0.25) is 5.91 Å². The molecule has 4 amide bonds. The van der Waals surface area contributed by atoms with Gasteiger partial charge in [0.1, 0.15) is 5.75 Å². The zero-order valence-corrected chi connectivity index (χ0v) is 16.2. The van der Waals surface area contributed by atoms with Gasteiger partial charge >= 0.3 is 6.03 Å². The van der Waals surface area contributed by atoms with E-state index in [4.69, 9.17) is 10.5 Å². The van der Waals surface area contributed by atoms with Gasteiger partial charge in [-0.2, -0.15) is 0 Å². The lowest BCUT2D eigenvalue weighted by Gasteiger charge is -2.20. The van der Waals surface area contributed by atoms with Gasteiger partial charge in [0.05, 0.1) is 6.04 Å². The van der Waals surface area contributed by atoms with Crippen LogP contribution in [0.15, 0.2) is 42.5 Å². The second-order valence-corrected chi connectivity index (χ2v) is 6.92. The molecule has 2 aromatic rings. The first kappa shape index (κ1) is 20.2. The first-order chi connectivity index (χ1) is 13.9. The van der Waals surface area contributed by atoms with Crippen LogP contribution < -0.4 is 26.4 Å². The second kappa shape index (κ2) is 9.09. The molecule has 8 heteroatoms. The topological polar surface area (TPSA) is 123 Å². The molecule has 29 heavy (non-hydrogen) atoms. The molecule has 1 heterocycles. The fraction of sp³-hybridized carbons (Fsp3) is 0.286. The second-order valence-electron chi connectivity index (χ2n) is 6.92. The molecule has 3 rings (SSSR count). The third kappa shape index (κ3) is 5.71. The summed E-state index contributed by atoms with van der Waals surface area (Å²) in [4.78, 5) is 34.5. The number of nitrogens with one attached hydrogen (secondary N) is 3. The molecule has 2 aromatic carbocycles. The smallest absolute Gasteiger partial charge is 0.315 e. The molecule has 0 aromatic heterocycles. The Morgan fingerprint density at radius 1 is 1.21 bits per heavy atom. The lowest BCUT2D eigenvalue weighted by atomic mass is 9.98. The Labute approximate surface area is 168 Å². The van der Waals surface area contributed by atoms with E-state index in [1.54, 1.807) is 18.2 Å². The summed E-state index contributed by atoms with van der Waals surface area (Å²) in [6, 6.07) is 12.4. The zero-order chi connectivity index (χ0) is 20.8. The Bertz CT molecular complexity index is 929. The van der Waals surface area contributed by atoms with Crippen LogP contribution in [0.25, 0.3) is 0 Å². The molecule has 8 nitrogen and oxygen atoms in total. The third-order valence-corrected chi connectivity index (χ3v) is 4.60. The Balaban J connectivity index is 1.52. The first-order valence-corrected chi connectivity index (χ1v) is 9.38. The summed E-state index contributed by atoms with van der Waals surface area (Å²) >= 11 is 0. The maximum absolute atomic E-state index is 12.3. The van der Waals surface area contributed by atoms with Gasteiger partial charge in [-0.15, -0.1) is 0 Å². The monoisotopic (exact) mass is 396 g/mol. The van der Waals surface area contributed by atoms with E-state index in [0.29, 0.717) is 25.1 Å². The van der Waals surface area contributed by atoms with Gasteiger partial charge in [-0.05, 0) is 48.2 Å². The number of hydrogen-bond acceptors (Lipinski definition) is 4. The van der Waals surface area contributed by atoms with Crippen LogP contribution in [0.4, 0.5) is 10.5 Å². The van der Waals surface area contributed by atoms with Gasteiger partial charge in [-0.25, -0.2) is 4.79 Å². The number of nitrogens with two attached hydrogens (primary N) is 1. The number of fused-ring (bicyclic) bond motifs is 1. The van der Waals surface area contributed by atoms with Crippen molar-refractivity contribution in [2.45, 2.75) is 32.4 Å². The molecule has 0 fully saturated rings. The number of amides is 4. The van der Waals surface area contributed by atoms with Crippen LogP contribution in [-0.4, -0.2) is 24.5 Å². The summed E-state index contributed by atoms with van der Waals surface area (Å²) in [6.45, 7) is 2.02. The standard InChI is InChI=1S/C21H24N4O4/c1-13(15-5-7-18-16(10-15)6-8-20(27)25-18)24-21(28)23-11-14-3-2-4-17(9-14)29-12-19(22)26/h2-5,7,9-10,13H,6,8,11-12H2,1H3,(H2,22,26)(H,25,27)(H2,23,24,28).